The number of hydrogen-bond acceptors (Lipinski definition) is 5. The number of benzene rings is 2. The Labute approximate surface area is 152 Å². The van der Waals surface area contributed by atoms with Crippen LogP contribution in [-0.2, 0) is 4.79 Å². The molecule has 0 atom stereocenters. The quantitative estimate of drug-likeness (QED) is 0.680. The van der Waals surface area contributed by atoms with E-state index in [4.69, 9.17) is 4.74 Å². The molecule has 0 spiro atoms. The van der Waals surface area contributed by atoms with Crippen LogP contribution in [0.1, 0.15) is 13.8 Å². The molecule has 2 N–H and O–H groups in total. The number of carbonyl (C=O) groups is 1. The van der Waals surface area contributed by atoms with Gasteiger partial charge in [0.2, 0.25) is 5.91 Å². The number of nitrogens with zero attached hydrogens (tertiary/aromatic N) is 2. The molecule has 0 fully saturated rings. The number of hydrogen-bond donors (Lipinski definition) is 2. The Bertz CT molecular complexity index is 847. The number of anilines is 3. The molecule has 26 heavy (non-hydrogen) atoms. The van der Waals surface area contributed by atoms with Crippen LogP contribution in [-0.4, -0.2) is 16.1 Å². The summed E-state index contributed by atoms with van der Waals surface area (Å²) in [4.78, 5) is 11.6. The normalized spacial score (nSPS) is 10.4. The molecule has 2 aromatic carbocycles. The Morgan fingerprint density at radius 2 is 1.46 bits per heavy atom. The number of aromatic nitrogens is 2. The van der Waals surface area contributed by atoms with E-state index in [1.807, 2.05) is 68.4 Å². The first-order chi connectivity index (χ1) is 12.6. The van der Waals surface area contributed by atoms with E-state index in [0.29, 0.717) is 11.6 Å². The standard InChI is InChI=1S/C20H20N4O2/c1-14(2)20(25)22-19-13-12-18(23-24-19)21-15-8-10-17(11-9-15)26-16-6-4-3-5-7-16/h3-14H,1-2H3,(H,21,23)(H,22,24,25). The Balaban J connectivity index is 1.59. The second-order valence-corrected chi connectivity index (χ2v) is 6.01. The van der Waals surface area contributed by atoms with Crippen LogP contribution in [0.5, 0.6) is 11.5 Å². The minimum absolute atomic E-state index is 0.0889. The predicted octanol–water partition coefficient (Wildman–Crippen LogP) is 4.61. The van der Waals surface area contributed by atoms with E-state index in [-0.39, 0.29) is 11.8 Å². The first-order valence-electron chi connectivity index (χ1n) is 8.35. The third kappa shape index (κ3) is 4.80. The molecule has 0 bridgehead atoms. The van der Waals surface area contributed by atoms with Crippen molar-refractivity contribution in [3.8, 4) is 11.5 Å². The van der Waals surface area contributed by atoms with E-state index in [2.05, 4.69) is 20.8 Å². The van der Waals surface area contributed by atoms with Gasteiger partial charge in [0.05, 0.1) is 0 Å². The van der Waals surface area contributed by atoms with Crippen LogP contribution in [0, 0.1) is 5.92 Å². The summed E-state index contributed by atoms with van der Waals surface area (Å²) < 4.78 is 5.76. The molecule has 132 valence electrons. The van der Waals surface area contributed by atoms with Crippen molar-refractivity contribution in [2.24, 2.45) is 5.92 Å². The van der Waals surface area contributed by atoms with Crippen molar-refractivity contribution in [3.05, 3.63) is 66.7 Å². The monoisotopic (exact) mass is 348 g/mol. The molecule has 6 heteroatoms. The highest BCUT2D eigenvalue weighted by Gasteiger charge is 2.08. The van der Waals surface area contributed by atoms with Gasteiger partial charge in [-0.15, -0.1) is 10.2 Å². The second-order valence-electron chi connectivity index (χ2n) is 6.01. The second kappa shape index (κ2) is 8.11. The Hall–Kier alpha value is -3.41. The Kier molecular flexibility index (Phi) is 5.43. The van der Waals surface area contributed by atoms with Gasteiger partial charge in [-0.25, -0.2) is 0 Å². The van der Waals surface area contributed by atoms with Gasteiger partial charge in [-0.1, -0.05) is 32.0 Å². The third-order valence-electron chi connectivity index (χ3n) is 3.55. The Morgan fingerprint density at radius 3 is 2.08 bits per heavy atom. The lowest BCUT2D eigenvalue weighted by molar-refractivity contribution is -0.118. The zero-order valence-corrected chi connectivity index (χ0v) is 14.6. The smallest absolute Gasteiger partial charge is 0.228 e. The summed E-state index contributed by atoms with van der Waals surface area (Å²) in [6.45, 7) is 3.65. The molecule has 0 unspecified atom stereocenters. The summed E-state index contributed by atoms with van der Waals surface area (Å²) in [5.74, 6) is 2.36. The highest BCUT2D eigenvalue weighted by molar-refractivity contribution is 5.91. The summed E-state index contributed by atoms with van der Waals surface area (Å²) in [6, 6.07) is 20.6. The van der Waals surface area contributed by atoms with Gasteiger partial charge in [-0.3, -0.25) is 4.79 Å². The molecule has 3 aromatic rings. The predicted molar refractivity (Wildman–Crippen MR) is 102 cm³/mol. The maximum Gasteiger partial charge on any atom is 0.228 e. The fraction of sp³-hybridized carbons (Fsp3) is 0.150. The fourth-order valence-corrected chi connectivity index (χ4v) is 2.11. The number of ether oxygens (including phenoxy) is 1. The minimum atomic E-state index is -0.105. The van der Waals surface area contributed by atoms with Crippen LogP contribution in [0.25, 0.3) is 0 Å². The maximum atomic E-state index is 11.6. The van der Waals surface area contributed by atoms with Crippen LogP contribution < -0.4 is 15.4 Å². The lowest BCUT2D eigenvalue weighted by atomic mass is 10.2. The SMILES string of the molecule is CC(C)C(=O)Nc1ccc(Nc2ccc(Oc3ccccc3)cc2)nn1. The summed E-state index contributed by atoms with van der Waals surface area (Å²) in [7, 11) is 0. The molecule has 3 rings (SSSR count). The number of amides is 1. The average molecular weight is 348 g/mol. The highest BCUT2D eigenvalue weighted by atomic mass is 16.5. The van der Waals surface area contributed by atoms with Crippen molar-refractivity contribution in [2.45, 2.75) is 13.8 Å². The zero-order chi connectivity index (χ0) is 18.4. The average Bonchev–Trinajstić information content (AvgIpc) is 2.66. The molecule has 6 nitrogen and oxygen atoms in total. The summed E-state index contributed by atoms with van der Waals surface area (Å²) in [5.41, 5.74) is 0.860. The van der Waals surface area contributed by atoms with Gasteiger partial charge in [0.1, 0.15) is 11.5 Å². The topological polar surface area (TPSA) is 76.1 Å². The van der Waals surface area contributed by atoms with Crippen molar-refractivity contribution in [3.63, 3.8) is 0 Å². The van der Waals surface area contributed by atoms with E-state index >= 15 is 0 Å². The molecule has 1 aromatic heterocycles. The van der Waals surface area contributed by atoms with E-state index in [0.717, 1.165) is 17.2 Å². The largest absolute Gasteiger partial charge is 0.457 e. The van der Waals surface area contributed by atoms with Crippen LogP contribution >= 0.6 is 0 Å². The summed E-state index contributed by atoms with van der Waals surface area (Å²) in [6.07, 6.45) is 0. The van der Waals surface area contributed by atoms with Gasteiger partial charge in [0.15, 0.2) is 11.6 Å². The van der Waals surface area contributed by atoms with Gasteiger partial charge < -0.3 is 15.4 Å². The number of para-hydroxylation sites is 1. The first-order valence-corrected chi connectivity index (χ1v) is 8.35. The molecule has 1 heterocycles. The third-order valence-corrected chi connectivity index (χ3v) is 3.55. The van der Waals surface area contributed by atoms with Gasteiger partial charge in [0.25, 0.3) is 0 Å². The first kappa shape index (κ1) is 17.4. The minimum Gasteiger partial charge on any atom is -0.457 e. The lowest BCUT2D eigenvalue weighted by Gasteiger charge is -2.09. The molecule has 0 aliphatic heterocycles. The fourth-order valence-electron chi connectivity index (χ4n) is 2.11. The Morgan fingerprint density at radius 1 is 0.846 bits per heavy atom. The van der Waals surface area contributed by atoms with Crippen LogP contribution in [0.15, 0.2) is 66.7 Å². The molecular formula is C20H20N4O2. The van der Waals surface area contributed by atoms with Crippen LogP contribution in [0.2, 0.25) is 0 Å². The molecule has 0 saturated carbocycles. The van der Waals surface area contributed by atoms with E-state index in [1.54, 1.807) is 12.1 Å². The van der Waals surface area contributed by atoms with Crippen LogP contribution in [0.4, 0.5) is 17.3 Å². The van der Waals surface area contributed by atoms with E-state index in [1.165, 1.54) is 0 Å². The molecule has 0 aliphatic carbocycles. The van der Waals surface area contributed by atoms with Crippen molar-refractivity contribution in [1.29, 1.82) is 0 Å². The van der Waals surface area contributed by atoms with Gasteiger partial charge in [-0.05, 0) is 48.5 Å². The maximum absolute atomic E-state index is 11.6. The zero-order valence-electron chi connectivity index (χ0n) is 14.6. The van der Waals surface area contributed by atoms with Gasteiger partial charge in [0, 0.05) is 11.6 Å². The molecule has 0 radical (unpaired) electrons. The van der Waals surface area contributed by atoms with E-state index < -0.39 is 0 Å². The lowest BCUT2D eigenvalue weighted by Crippen LogP contribution is -2.18. The number of nitrogens with one attached hydrogen (secondary N) is 2. The van der Waals surface area contributed by atoms with Crippen molar-refractivity contribution in [1.82, 2.24) is 10.2 Å². The van der Waals surface area contributed by atoms with Crippen LogP contribution in [0.3, 0.4) is 0 Å². The highest BCUT2D eigenvalue weighted by Crippen LogP contribution is 2.23. The molecule has 1 amide bonds. The van der Waals surface area contributed by atoms with Crippen molar-refractivity contribution < 1.29 is 9.53 Å². The van der Waals surface area contributed by atoms with Gasteiger partial charge >= 0.3 is 0 Å². The van der Waals surface area contributed by atoms with E-state index in [9.17, 15) is 4.79 Å². The summed E-state index contributed by atoms with van der Waals surface area (Å²) in [5, 5.41) is 13.9. The molecule has 0 aliphatic rings. The number of carbonyl (C=O) groups excluding carboxylic acids is 1. The molecular weight excluding hydrogens is 328 g/mol. The van der Waals surface area contributed by atoms with Crippen molar-refractivity contribution in [2.75, 3.05) is 10.6 Å². The molecule has 0 saturated heterocycles. The summed E-state index contributed by atoms with van der Waals surface area (Å²) >= 11 is 0. The van der Waals surface area contributed by atoms with Crippen molar-refractivity contribution >= 4 is 23.2 Å². The van der Waals surface area contributed by atoms with Gasteiger partial charge in [-0.2, -0.15) is 0 Å². The number of rotatable bonds is 6.